The summed E-state index contributed by atoms with van der Waals surface area (Å²) in [7, 11) is 0. The Labute approximate surface area is 173 Å². The molecule has 1 aromatic heterocycles. The lowest BCUT2D eigenvalue weighted by Crippen LogP contribution is -2.17. The van der Waals surface area contributed by atoms with Gasteiger partial charge in [0.05, 0.1) is 18.5 Å². The van der Waals surface area contributed by atoms with E-state index in [-0.39, 0.29) is 24.5 Å². The van der Waals surface area contributed by atoms with E-state index in [1.807, 2.05) is 30.3 Å². The second-order valence-corrected chi connectivity index (χ2v) is 7.01. The van der Waals surface area contributed by atoms with Gasteiger partial charge in [0, 0.05) is 11.1 Å². The predicted molar refractivity (Wildman–Crippen MR) is 106 cm³/mol. The van der Waals surface area contributed by atoms with E-state index in [1.54, 1.807) is 5.38 Å². The van der Waals surface area contributed by atoms with Gasteiger partial charge in [0.2, 0.25) is 11.8 Å². The smallest absolute Gasteiger partial charge is 0.406 e. The quantitative estimate of drug-likeness (QED) is 0.576. The zero-order valence-electron chi connectivity index (χ0n) is 15.4. The molecule has 3 rings (SSSR count). The molecular formula is C20H16F3N3O3S. The second kappa shape index (κ2) is 9.40. The summed E-state index contributed by atoms with van der Waals surface area (Å²) in [6.07, 6.45) is -4.61. The van der Waals surface area contributed by atoms with Crippen molar-refractivity contribution in [2.45, 2.75) is 19.2 Å². The van der Waals surface area contributed by atoms with Crippen LogP contribution in [0, 0.1) is 0 Å². The lowest BCUT2D eigenvalue weighted by atomic mass is 10.1. The van der Waals surface area contributed by atoms with Crippen LogP contribution >= 0.6 is 11.3 Å². The minimum absolute atomic E-state index is 0.0497. The van der Waals surface area contributed by atoms with Gasteiger partial charge in [-0.2, -0.15) is 0 Å². The van der Waals surface area contributed by atoms with Crippen LogP contribution in [0.1, 0.15) is 11.3 Å². The molecule has 2 aromatic carbocycles. The monoisotopic (exact) mass is 435 g/mol. The topological polar surface area (TPSA) is 80.3 Å². The van der Waals surface area contributed by atoms with Crippen molar-refractivity contribution in [2.75, 3.05) is 10.6 Å². The van der Waals surface area contributed by atoms with Crippen molar-refractivity contribution in [1.29, 1.82) is 0 Å². The van der Waals surface area contributed by atoms with Crippen LogP contribution in [0.3, 0.4) is 0 Å². The first-order valence-corrected chi connectivity index (χ1v) is 9.59. The predicted octanol–water partition coefficient (Wildman–Crippen LogP) is 4.40. The van der Waals surface area contributed by atoms with Gasteiger partial charge in [-0.3, -0.25) is 9.59 Å². The van der Waals surface area contributed by atoms with E-state index in [1.165, 1.54) is 23.5 Å². The molecule has 30 heavy (non-hydrogen) atoms. The highest BCUT2D eigenvalue weighted by Crippen LogP contribution is 2.24. The highest BCUT2D eigenvalue weighted by atomic mass is 32.1. The third-order valence-corrected chi connectivity index (χ3v) is 4.53. The van der Waals surface area contributed by atoms with E-state index in [2.05, 4.69) is 20.4 Å². The van der Waals surface area contributed by atoms with Crippen LogP contribution < -0.4 is 15.4 Å². The van der Waals surface area contributed by atoms with Gasteiger partial charge in [-0.15, -0.1) is 24.5 Å². The van der Waals surface area contributed by atoms with Crippen LogP contribution in [0.5, 0.6) is 5.75 Å². The molecule has 3 aromatic rings. The van der Waals surface area contributed by atoms with Crippen molar-refractivity contribution in [3.05, 3.63) is 71.2 Å². The Bertz CT molecular complexity index is 1010. The van der Waals surface area contributed by atoms with Crippen LogP contribution in [-0.4, -0.2) is 23.2 Å². The average molecular weight is 435 g/mol. The van der Waals surface area contributed by atoms with Gasteiger partial charge >= 0.3 is 6.36 Å². The number of hydrogen-bond acceptors (Lipinski definition) is 5. The maximum absolute atomic E-state index is 12.2. The molecule has 0 aliphatic rings. The molecule has 0 unspecified atom stereocenters. The molecule has 0 spiro atoms. The minimum atomic E-state index is -4.77. The van der Waals surface area contributed by atoms with Gasteiger partial charge in [-0.25, -0.2) is 4.98 Å². The number of nitrogens with zero attached hydrogens (tertiary/aromatic N) is 1. The Morgan fingerprint density at radius 2 is 1.60 bits per heavy atom. The molecule has 2 N–H and O–H groups in total. The van der Waals surface area contributed by atoms with Crippen LogP contribution in [0.25, 0.3) is 0 Å². The molecule has 0 bridgehead atoms. The molecule has 0 saturated heterocycles. The summed E-state index contributed by atoms with van der Waals surface area (Å²) in [5.41, 5.74) is 1.66. The summed E-state index contributed by atoms with van der Waals surface area (Å²) in [6, 6.07) is 14.1. The number of hydrogen-bond donors (Lipinski definition) is 2. The number of carbonyl (C=O) groups is 2. The molecule has 0 fully saturated rings. The van der Waals surface area contributed by atoms with E-state index in [0.29, 0.717) is 16.5 Å². The van der Waals surface area contributed by atoms with E-state index < -0.39 is 12.3 Å². The first kappa shape index (κ1) is 21.3. The zero-order chi connectivity index (χ0) is 21.6. The molecule has 6 nitrogen and oxygen atoms in total. The summed E-state index contributed by atoms with van der Waals surface area (Å²) in [6.45, 7) is 0. The van der Waals surface area contributed by atoms with Crippen molar-refractivity contribution in [3.63, 3.8) is 0 Å². The van der Waals surface area contributed by atoms with Crippen molar-refractivity contribution < 1.29 is 27.5 Å². The summed E-state index contributed by atoms with van der Waals surface area (Å²) in [5.74, 6) is -0.990. The lowest BCUT2D eigenvalue weighted by Gasteiger charge is -2.09. The van der Waals surface area contributed by atoms with Crippen LogP contribution in [0.4, 0.5) is 24.0 Å². The van der Waals surface area contributed by atoms with Crippen LogP contribution in [0.15, 0.2) is 60.0 Å². The Morgan fingerprint density at radius 1 is 0.933 bits per heavy atom. The van der Waals surface area contributed by atoms with Crippen molar-refractivity contribution in [1.82, 2.24) is 4.98 Å². The zero-order valence-corrected chi connectivity index (χ0v) is 16.2. The van der Waals surface area contributed by atoms with Gasteiger partial charge in [0.1, 0.15) is 5.75 Å². The summed E-state index contributed by atoms with van der Waals surface area (Å²) < 4.78 is 40.3. The third-order valence-electron chi connectivity index (χ3n) is 3.72. The third kappa shape index (κ3) is 6.89. The van der Waals surface area contributed by atoms with Gasteiger partial charge < -0.3 is 15.4 Å². The fraction of sp³-hybridized carbons (Fsp3) is 0.150. The second-order valence-electron chi connectivity index (χ2n) is 6.15. The Hall–Kier alpha value is -3.40. The van der Waals surface area contributed by atoms with Crippen molar-refractivity contribution in [2.24, 2.45) is 0 Å². The highest BCUT2D eigenvalue weighted by molar-refractivity contribution is 7.13. The van der Waals surface area contributed by atoms with Crippen molar-refractivity contribution in [3.8, 4) is 5.75 Å². The number of ether oxygens (including phenoxy) is 1. The van der Waals surface area contributed by atoms with Gasteiger partial charge in [0.25, 0.3) is 0 Å². The first-order chi connectivity index (χ1) is 14.3. The molecule has 0 atom stereocenters. The van der Waals surface area contributed by atoms with Crippen LogP contribution in [0.2, 0.25) is 0 Å². The highest BCUT2D eigenvalue weighted by Gasteiger charge is 2.30. The number of nitrogens with one attached hydrogen (secondary N) is 2. The molecule has 0 radical (unpaired) electrons. The number of aromatic nitrogens is 1. The van der Waals surface area contributed by atoms with E-state index in [9.17, 15) is 22.8 Å². The molecule has 1 heterocycles. The minimum Gasteiger partial charge on any atom is -0.406 e. The number of halogens is 3. The van der Waals surface area contributed by atoms with Gasteiger partial charge in [-0.05, 0) is 29.8 Å². The summed E-state index contributed by atoms with van der Waals surface area (Å²) in [5, 5.41) is 7.29. The number of benzene rings is 2. The van der Waals surface area contributed by atoms with E-state index in [4.69, 9.17) is 0 Å². The Balaban J connectivity index is 1.49. The normalized spacial score (nSPS) is 11.0. The molecule has 10 heteroatoms. The van der Waals surface area contributed by atoms with E-state index in [0.717, 1.165) is 17.7 Å². The molecule has 0 saturated carbocycles. The number of rotatable bonds is 7. The molecular weight excluding hydrogens is 419 g/mol. The number of anilines is 2. The van der Waals surface area contributed by atoms with Gasteiger partial charge in [-0.1, -0.05) is 30.3 Å². The molecule has 156 valence electrons. The van der Waals surface area contributed by atoms with Gasteiger partial charge in [0.15, 0.2) is 5.13 Å². The largest absolute Gasteiger partial charge is 0.573 e. The Kier molecular flexibility index (Phi) is 6.68. The first-order valence-electron chi connectivity index (χ1n) is 8.71. The standard InChI is InChI=1S/C20H16F3N3O3S/c21-20(22,23)29-16-8-6-14(7-9-16)24-18(28)11-15-12-30-19(25-15)26-17(27)10-13-4-2-1-3-5-13/h1-9,12H,10-11H2,(H,24,28)(H,25,26,27). The maximum Gasteiger partial charge on any atom is 0.573 e. The number of amides is 2. The lowest BCUT2D eigenvalue weighted by molar-refractivity contribution is -0.274. The summed E-state index contributed by atoms with van der Waals surface area (Å²) >= 11 is 1.20. The molecule has 2 amide bonds. The average Bonchev–Trinajstić information content (AvgIpc) is 3.09. The van der Waals surface area contributed by atoms with Crippen molar-refractivity contribution >= 4 is 34.0 Å². The fourth-order valence-corrected chi connectivity index (χ4v) is 3.23. The fourth-order valence-electron chi connectivity index (χ4n) is 2.50. The maximum atomic E-state index is 12.2. The molecule has 0 aliphatic heterocycles. The van der Waals surface area contributed by atoms with Crippen LogP contribution in [-0.2, 0) is 22.4 Å². The number of alkyl halides is 3. The SMILES string of the molecule is O=C(Cc1csc(NC(=O)Cc2ccccc2)n1)Nc1ccc(OC(F)(F)F)cc1. The Morgan fingerprint density at radius 3 is 2.27 bits per heavy atom. The molecule has 0 aliphatic carbocycles. The number of carbonyl (C=O) groups excluding carboxylic acids is 2. The summed E-state index contributed by atoms with van der Waals surface area (Å²) in [4.78, 5) is 28.4. The number of thiazole rings is 1. The van der Waals surface area contributed by atoms with E-state index >= 15 is 0 Å².